The van der Waals surface area contributed by atoms with Crippen LogP contribution in [-0.4, -0.2) is 52.7 Å². The van der Waals surface area contributed by atoms with Crippen LogP contribution >= 0.6 is 0 Å². The lowest BCUT2D eigenvalue weighted by molar-refractivity contribution is 0.0998. The summed E-state index contributed by atoms with van der Waals surface area (Å²) in [6, 6.07) is 7.40. The van der Waals surface area contributed by atoms with Crippen LogP contribution in [0.15, 0.2) is 50.6 Å². The topological polar surface area (TPSA) is 143 Å². The molecule has 0 atom stereocenters. The van der Waals surface area contributed by atoms with Crippen molar-refractivity contribution in [1.82, 2.24) is 9.13 Å². The Morgan fingerprint density at radius 1 is 0.646 bits per heavy atom. The summed E-state index contributed by atoms with van der Waals surface area (Å²) in [6.45, 7) is 10.5. The molecule has 0 unspecified atom stereocenters. The van der Waals surface area contributed by atoms with Gasteiger partial charge in [-0.2, -0.15) is 0 Å². The average molecular weight is 901 g/mol. The monoisotopic (exact) mass is 901 g/mol. The minimum absolute atomic E-state index is 0.0486. The first kappa shape index (κ1) is 52.6. The number of aromatic nitrogens is 2. The van der Waals surface area contributed by atoms with Crippen LogP contribution in [0.3, 0.4) is 0 Å². The quantitative estimate of drug-likeness (QED) is 0.0347. The van der Waals surface area contributed by atoms with Crippen molar-refractivity contribution in [2.24, 2.45) is 19.1 Å². The van der Waals surface area contributed by atoms with Crippen molar-refractivity contribution in [3.05, 3.63) is 73.6 Å². The summed E-state index contributed by atoms with van der Waals surface area (Å²) in [4.78, 5) is 44.6. The second-order valence-electron chi connectivity index (χ2n) is 17.6. The lowest BCUT2D eigenvalue weighted by Gasteiger charge is -2.22. The van der Waals surface area contributed by atoms with Crippen LogP contribution in [0.25, 0.3) is 0 Å². The number of fused-ring (bicyclic) bond motifs is 1. The zero-order chi connectivity index (χ0) is 46.8. The molecule has 0 aliphatic carbocycles. The van der Waals surface area contributed by atoms with Gasteiger partial charge in [-0.3, -0.25) is 23.7 Å². The standard InChI is InChI=1S/C53H80N4O8/c1-7-11-15-19-22-26-30-62-46-36-47-42(33-40(46)29-25-18-14-10-4)50(58)41(39-65-47)37-54-44-34-48(63-31-27-23-20-16-12-8-2)49(64-32-28-24-21-17-13-9-3)35-45(44)55-38-43-51(59)56(5)53(61)57(6)52(43)60/h33-38,54,59H,7-32,39H2,1-6H3/b41-37+,55-38?. The Kier molecular flexibility index (Phi) is 23.9. The Balaban J connectivity index is 1.67. The summed E-state index contributed by atoms with van der Waals surface area (Å²) in [5, 5.41) is 14.2. The van der Waals surface area contributed by atoms with Gasteiger partial charge in [0.25, 0.3) is 5.56 Å². The van der Waals surface area contributed by atoms with Gasteiger partial charge in [-0.15, -0.1) is 0 Å². The number of nitrogens with zero attached hydrogens (tertiary/aromatic N) is 3. The van der Waals surface area contributed by atoms with Crippen molar-refractivity contribution >= 4 is 23.4 Å². The van der Waals surface area contributed by atoms with Crippen molar-refractivity contribution in [1.29, 1.82) is 0 Å². The predicted molar refractivity (Wildman–Crippen MR) is 265 cm³/mol. The molecule has 0 spiro atoms. The number of anilines is 1. The molecule has 0 saturated heterocycles. The van der Waals surface area contributed by atoms with E-state index in [1.165, 1.54) is 84.5 Å². The Hall–Kier alpha value is -5.00. The molecule has 1 aliphatic heterocycles. The van der Waals surface area contributed by atoms with E-state index in [1.807, 2.05) is 12.1 Å². The smallest absolute Gasteiger partial charge is 0.333 e. The summed E-state index contributed by atoms with van der Waals surface area (Å²) in [5.41, 5.74) is 1.30. The predicted octanol–water partition coefficient (Wildman–Crippen LogP) is 12.5. The number of aryl methyl sites for hydroxylation is 1. The van der Waals surface area contributed by atoms with Crippen LogP contribution in [-0.2, 0) is 20.5 Å². The molecule has 12 nitrogen and oxygen atoms in total. The molecule has 0 amide bonds. The number of ether oxygens (including phenoxy) is 4. The Bertz CT molecular complexity index is 2100. The SMILES string of the molecule is CCCCCCCCOc1cc2c(cc1CCCCCC)C(=O)/C(=C/Nc1cc(OCCCCCCCC)c(OCCCCCCCC)cc1N=Cc1c(O)n(C)c(=O)n(C)c1=O)CO2. The summed E-state index contributed by atoms with van der Waals surface area (Å²) < 4.78 is 27.3. The summed E-state index contributed by atoms with van der Waals surface area (Å²) in [5.74, 6) is 1.70. The Morgan fingerprint density at radius 2 is 1.15 bits per heavy atom. The summed E-state index contributed by atoms with van der Waals surface area (Å²) >= 11 is 0. The van der Waals surface area contributed by atoms with Gasteiger partial charge in [0.2, 0.25) is 5.88 Å². The van der Waals surface area contributed by atoms with Gasteiger partial charge in [-0.1, -0.05) is 143 Å². The van der Waals surface area contributed by atoms with Gasteiger partial charge >= 0.3 is 5.69 Å². The Morgan fingerprint density at radius 3 is 1.72 bits per heavy atom. The molecule has 0 bridgehead atoms. The third-order valence-corrected chi connectivity index (χ3v) is 12.1. The maximum atomic E-state index is 14.2. The van der Waals surface area contributed by atoms with Gasteiger partial charge in [0.1, 0.15) is 23.7 Å². The van der Waals surface area contributed by atoms with E-state index in [2.05, 4.69) is 38.0 Å². The molecule has 3 aromatic rings. The number of ketones is 1. The number of rotatable bonds is 33. The molecule has 0 fully saturated rings. The van der Waals surface area contributed by atoms with Crippen LogP contribution in [0.1, 0.15) is 190 Å². The van der Waals surface area contributed by atoms with Gasteiger partial charge in [0.05, 0.1) is 42.3 Å². The number of aromatic hydroxyl groups is 1. The minimum atomic E-state index is -0.686. The number of benzene rings is 2. The molecule has 2 N–H and O–H groups in total. The van der Waals surface area contributed by atoms with Crippen molar-refractivity contribution in [2.75, 3.05) is 31.7 Å². The van der Waals surface area contributed by atoms with E-state index in [0.29, 0.717) is 59.6 Å². The lowest BCUT2D eigenvalue weighted by Crippen LogP contribution is -2.38. The first-order valence-corrected chi connectivity index (χ1v) is 25.0. The first-order chi connectivity index (χ1) is 31.6. The molecule has 1 aromatic heterocycles. The second kappa shape index (κ2) is 29.5. The van der Waals surface area contributed by atoms with Crippen LogP contribution in [0.2, 0.25) is 0 Å². The molecule has 4 rings (SSSR count). The molecular weight excluding hydrogens is 821 g/mol. The molecule has 0 radical (unpaired) electrons. The number of carbonyl (C=O) groups is 1. The maximum absolute atomic E-state index is 14.2. The molecule has 12 heteroatoms. The molecule has 0 saturated carbocycles. The van der Waals surface area contributed by atoms with Gasteiger partial charge in [-0.25, -0.2) is 4.79 Å². The number of unbranched alkanes of at least 4 members (excludes halogenated alkanes) is 18. The van der Waals surface area contributed by atoms with E-state index in [-0.39, 0.29) is 18.0 Å². The fraction of sp³-hybridized carbons (Fsp3) is 0.623. The average Bonchev–Trinajstić information content (AvgIpc) is 3.31. The maximum Gasteiger partial charge on any atom is 0.333 e. The van der Waals surface area contributed by atoms with Crippen molar-refractivity contribution in [3.63, 3.8) is 0 Å². The Labute approximate surface area is 388 Å². The van der Waals surface area contributed by atoms with E-state index in [9.17, 15) is 19.5 Å². The molecule has 65 heavy (non-hydrogen) atoms. The normalized spacial score (nSPS) is 13.1. The zero-order valence-corrected chi connectivity index (χ0v) is 40.7. The summed E-state index contributed by atoms with van der Waals surface area (Å²) in [6.07, 6.45) is 28.6. The van der Waals surface area contributed by atoms with Crippen molar-refractivity contribution in [2.45, 2.75) is 175 Å². The number of hydrogen-bond acceptors (Lipinski definition) is 10. The van der Waals surface area contributed by atoms with E-state index < -0.39 is 17.1 Å². The van der Waals surface area contributed by atoms with Gasteiger partial charge < -0.3 is 29.4 Å². The highest BCUT2D eigenvalue weighted by molar-refractivity contribution is 6.12. The third kappa shape index (κ3) is 16.7. The van der Waals surface area contributed by atoms with Crippen LogP contribution in [0.4, 0.5) is 11.4 Å². The van der Waals surface area contributed by atoms with Crippen molar-refractivity contribution < 1.29 is 28.8 Å². The van der Waals surface area contributed by atoms with Crippen molar-refractivity contribution in [3.8, 4) is 28.9 Å². The first-order valence-electron chi connectivity index (χ1n) is 25.0. The number of hydrogen-bond donors (Lipinski definition) is 2. The number of Topliss-reactive ketones (excluding diaryl/α,β-unsaturated/α-hetero) is 1. The summed E-state index contributed by atoms with van der Waals surface area (Å²) in [7, 11) is 2.74. The molecular formula is C53H80N4O8. The fourth-order valence-electron chi connectivity index (χ4n) is 7.94. The number of nitrogens with one attached hydrogen (secondary N) is 1. The lowest BCUT2D eigenvalue weighted by atomic mass is 9.96. The molecule has 2 aromatic carbocycles. The van der Waals surface area contributed by atoms with Gasteiger partial charge in [0, 0.05) is 44.7 Å². The van der Waals surface area contributed by atoms with Crippen LogP contribution in [0.5, 0.6) is 28.9 Å². The molecule has 360 valence electrons. The highest BCUT2D eigenvalue weighted by Gasteiger charge is 2.26. The van der Waals surface area contributed by atoms with E-state index in [4.69, 9.17) is 18.9 Å². The molecule has 2 heterocycles. The number of carbonyl (C=O) groups excluding carboxylic acids is 1. The molecule has 1 aliphatic rings. The van der Waals surface area contributed by atoms with E-state index in [1.54, 1.807) is 18.3 Å². The van der Waals surface area contributed by atoms with Gasteiger partial charge in [-0.05, 0) is 43.7 Å². The highest BCUT2D eigenvalue weighted by atomic mass is 16.5. The minimum Gasteiger partial charge on any atom is -0.494 e. The zero-order valence-electron chi connectivity index (χ0n) is 40.7. The number of aliphatic imine (C=N–C) groups is 1. The van der Waals surface area contributed by atoms with E-state index >= 15 is 0 Å². The fourth-order valence-corrected chi connectivity index (χ4v) is 7.94. The van der Waals surface area contributed by atoms with Crippen LogP contribution < -0.4 is 35.5 Å². The second-order valence-corrected chi connectivity index (χ2v) is 17.6. The third-order valence-electron chi connectivity index (χ3n) is 12.1. The largest absolute Gasteiger partial charge is 0.494 e. The van der Waals surface area contributed by atoms with Gasteiger partial charge in [0.15, 0.2) is 17.3 Å². The van der Waals surface area contributed by atoms with Crippen LogP contribution in [0, 0.1) is 0 Å². The van der Waals surface area contributed by atoms with E-state index in [0.717, 1.165) is 104 Å². The highest BCUT2D eigenvalue weighted by Crippen LogP contribution is 2.40.